The van der Waals surface area contributed by atoms with E-state index in [9.17, 15) is 8.42 Å². The van der Waals surface area contributed by atoms with Crippen LogP contribution in [0.15, 0.2) is 58.4 Å². The summed E-state index contributed by atoms with van der Waals surface area (Å²) >= 11 is 0. The Morgan fingerprint density at radius 1 is 1.07 bits per heavy atom. The summed E-state index contributed by atoms with van der Waals surface area (Å²) in [5.74, 6) is 2.00. The number of rotatable bonds is 8. The van der Waals surface area contributed by atoms with Crippen molar-refractivity contribution in [2.45, 2.75) is 30.7 Å². The Kier molecular flexibility index (Phi) is 7.87. The minimum atomic E-state index is -3.17. The van der Waals surface area contributed by atoms with Gasteiger partial charge in [-0.3, -0.25) is 4.99 Å². The van der Waals surface area contributed by atoms with Gasteiger partial charge in [-0.1, -0.05) is 31.2 Å². The summed E-state index contributed by atoms with van der Waals surface area (Å²) in [5.41, 5.74) is 2.26. The fraction of sp³-hybridized carbons (Fsp3) is 0.381. The minimum absolute atomic E-state index is 0.325. The lowest BCUT2D eigenvalue weighted by Gasteiger charge is -2.15. The van der Waals surface area contributed by atoms with Gasteiger partial charge in [0.1, 0.15) is 5.75 Å². The monoisotopic (exact) mass is 403 g/mol. The molecule has 2 N–H and O–H groups in total. The van der Waals surface area contributed by atoms with Crippen molar-refractivity contribution in [1.29, 1.82) is 0 Å². The lowest BCUT2D eigenvalue weighted by Crippen LogP contribution is -2.37. The van der Waals surface area contributed by atoms with E-state index in [1.807, 2.05) is 24.3 Å². The number of nitrogens with one attached hydrogen (secondary N) is 2. The van der Waals surface area contributed by atoms with Gasteiger partial charge in [0.15, 0.2) is 15.8 Å². The predicted molar refractivity (Wildman–Crippen MR) is 114 cm³/mol. The van der Waals surface area contributed by atoms with E-state index in [-0.39, 0.29) is 0 Å². The molecular formula is C21H29N3O3S. The van der Waals surface area contributed by atoms with Gasteiger partial charge in [0.25, 0.3) is 0 Å². The first-order valence-corrected chi connectivity index (χ1v) is 11.1. The maximum absolute atomic E-state index is 11.5. The van der Waals surface area contributed by atoms with Crippen molar-refractivity contribution < 1.29 is 13.2 Å². The second-order valence-corrected chi connectivity index (χ2v) is 8.75. The van der Waals surface area contributed by atoms with E-state index in [0.29, 0.717) is 23.3 Å². The number of aliphatic imine (C=N–C) groups is 1. The minimum Gasteiger partial charge on any atom is -0.497 e. The van der Waals surface area contributed by atoms with Crippen LogP contribution in [0, 0.1) is 0 Å². The third-order valence-electron chi connectivity index (χ3n) is 4.59. The van der Waals surface area contributed by atoms with E-state index in [1.165, 1.54) is 11.8 Å². The van der Waals surface area contributed by atoms with Gasteiger partial charge in [-0.2, -0.15) is 0 Å². The average molecular weight is 404 g/mol. The number of sulfone groups is 1. The zero-order chi connectivity index (χ0) is 20.6. The first kappa shape index (κ1) is 21.8. The quantitative estimate of drug-likeness (QED) is 0.523. The van der Waals surface area contributed by atoms with Crippen molar-refractivity contribution in [3.63, 3.8) is 0 Å². The van der Waals surface area contributed by atoms with Crippen molar-refractivity contribution in [3.05, 3.63) is 59.7 Å². The van der Waals surface area contributed by atoms with Crippen LogP contribution >= 0.6 is 0 Å². The van der Waals surface area contributed by atoms with Gasteiger partial charge in [-0.05, 0) is 47.7 Å². The molecule has 7 heteroatoms. The molecule has 0 aliphatic rings. The summed E-state index contributed by atoms with van der Waals surface area (Å²) in [7, 11) is 0.233. The molecule has 0 aliphatic carbocycles. The zero-order valence-electron chi connectivity index (χ0n) is 16.9. The lowest BCUT2D eigenvalue weighted by molar-refractivity contribution is 0.414. The number of benzene rings is 2. The first-order valence-electron chi connectivity index (χ1n) is 9.21. The highest BCUT2D eigenvalue weighted by atomic mass is 32.2. The van der Waals surface area contributed by atoms with Crippen LogP contribution in [0.25, 0.3) is 0 Å². The maximum Gasteiger partial charge on any atom is 0.191 e. The van der Waals surface area contributed by atoms with Crippen LogP contribution in [0.3, 0.4) is 0 Å². The van der Waals surface area contributed by atoms with E-state index in [2.05, 4.69) is 34.7 Å². The van der Waals surface area contributed by atoms with Crippen LogP contribution < -0.4 is 15.4 Å². The van der Waals surface area contributed by atoms with Gasteiger partial charge >= 0.3 is 0 Å². The molecule has 1 atom stereocenters. The van der Waals surface area contributed by atoms with E-state index in [0.717, 1.165) is 24.3 Å². The summed E-state index contributed by atoms with van der Waals surface area (Å²) < 4.78 is 28.2. The number of hydrogen-bond acceptors (Lipinski definition) is 4. The van der Waals surface area contributed by atoms with E-state index < -0.39 is 9.84 Å². The molecule has 0 spiro atoms. The van der Waals surface area contributed by atoms with Crippen LogP contribution in [0.5, 0.6) is 5.75 Å². The van der Waals surface area contributed by atoms with Crippen LogP contribution in [0.4, 0.5) is 0 Å². The highest BCUT2D eigenvalue weighted by Crippen LogP contribution is 2.21. The van der Waals surface area contributed by atoms with Crippen LogP contribution in [0.1, 0.15) is 30.4 Å². The summed E-state index contributed by atoms with van der Waals surface area (Å²) in [6.45, 7) is 3.56. The van der Waals surface area contributed by atoms with Gasteiger partial charge in [-0.15, -0.1) is 0 Å². The Morgan fingerprint density at radius 3 is 2.25 bits per heavy atom. The second kappa shape index (κ2) is 10.1. The standard InChI is InChI=1S/C21H29N3O3S/c1-16(18-7-9-19(27-3)10-8-18)13-14-23-21(22-2)24-15-17-5-11-20(12-6-17)28(4,25)26/h5-12,16H,13-15H2,1-4H3,(H2,22,23,24). The summed E-state index contributed by atoms with van der Waals surface area (Å²) in [6, 6.07) is 15.0. The smallest absolute Gasteiger partial charge is 0.191 e. The second-order valence-electron chi connectivity index (χ2n) is 6.73. The third kappa shape index (κ3) is 6.56. The number of hydrogen-bond donors (Lipinski definition) is 2. The molecule has 1 unspecified atom stereocenters. The number of methoxy groups -OCH3 is 1. The van der Waals surface area contributed by atoms with Crippen LogP contribution in [0.2, 0.25) is 0 Å². The van der Waals surface area contributed by atoms with Crippen molar-refractivity contribution in [2.24, 2.45) is 4.99 Å². The number of ether oxygens (including phenoxy) is 1. The molecule has 2 rings (SSSR count). The molecular weight excluding hydrogens is 374 g/mol. The largest absolute Gasteiger partial charge is 0.497 e. The van der Waals surface area contributed by atoms with Gasteiger partial charge in [-0.25, -0.2) is 8.42 Å². The summed E-state index contributed by atoms with van der Waals surface area (Å²) in [6.07, 6.45) is 2.18. The molecule has 152 valence electrons. The van der Waals surface area contributed by atoms with E-state index >= 15 is 0 Å². The van der Waals surface area contributed by atoms with Gasteiger partial charge < -0.3 is 15.4 Å². The van der Waals surface area contributed by atoms with Gasteiger partial charge in [0.05, 0.1) is 12.0 Å². The highest BCUT2D eigenvalue weighted by Gasteiger charge is 2.08. The number of guanidine groups is 1. The maximum atomic E-state index is 11.5. The summed E-state index contributed by atoms with van der Waals surface area (Å²) in [5, 5.41) is 6.56. The molecule has 2 aromatic carbocycles. The van der Waals surface area contributed by atoms with Crippen LogP contribution in [-0.2, 0) is 16.4 Å². The van der Waals surface area contributed by atoms with Crippen LogP contribution in [-0.4, -0.2) is 41.3 Å². The van der Waals surface area contributed by atoms with Crippen molar-refractivity contribution in [3.8, 4) is 5.75 Å². The molecule has 0 saturated heterocycles. The fourth-order valence-electron chi connectivity index (χ4n) is 2.77. The van der Waals surface area contributed by atoms with E-state index in [1.54, 1.807) is 26.3 Å². The first-order chi connectivity index (χ1) is 13.3. The summed E-state index contributed by atoms with van der Waals surface area (Å²) in [4.78, 5) is 4.56. The highest BCUT2D eigenvalue weighted by molar-refractivity contribution is 7.90. The fourth-order valence-corrected chi connectivity index (χ4v) is 3.40. The normalized spacial score (nSPS) is 13.1. The molecule has 0 saturated carbocycles. The number of nitrogens with zero attached hydrogens (tertiary/aromatic N) is 1. The Morgan fingerprint density at radius 2 is 1.71 bits per heavy atom. The van der Waals surface area contributed by atoms with E-state index in [4.69, 9.17) is 4.74 Å². The molecule has 0 amide bonds. The van der Waals surface area contributed by atoms with Crippen molar-refractivity contribution in [1.82, 2.24) is 10.6 Å². The Balaban J connectivity index is 1.79. The molecule has 0 aromatic heterocycles. The molecule has 0 heterocycles. The van der Waals surface area contributed by atoms with Gasteiger partial charge in [0, 0.05) is 26.4 Å². The Hall–Kier alpha value is -2.54. The molecule has 0 radical (unpaired) electrons. The molecule has 28 heavy (non-hydrogen) atoms. The molecule has 0 fully saturated rings. The Labute approximate surface area is 168 Å². The molecule has 2 aromatic rings. The third-order valence-corrected chi connectivity index (χ3v) is 5.72. The van der Waals surface area contributed by atoms with Gasteiger partial charge in [0.2, 0.25) is 0 Å². The predicted octanol–water partition coefficient (Wildman–Crippen LogP) is 2.96. The lowest BCUT2D eigenvalue weighted by atomic mass is 9.98. The zero-order valence-corrected chi connectivity index (χ0v) is 17.7. The average Bonchev–Trinajstić information content (AvgIpc) is 2.70. The van der Waals surface area contributed by atoms with Crippen molar-refractivity contribution in [2.75, 3.05) is 27.0 Å². The topological polar surface area (TPSA) is 79.8 Å². The SMILES string of the molecule is CN=C(NCCC(C)c1ccc(OC)cc1)NCc1ccc(S(C)(=O)=O)cc1. The molecule has 0 bridgehead atoms. The Bertz CT molecular complexity index is 876. The van der Waals surface area contributed by atoms with Crippen molar-refractivity contribution >= 4 is 15.8 Å². The molecule has 6 nitrogen and oxygen atoms in total. The molecule has 0 aliphatic heterocycles.